The lowest BCUT2D eigenvalue weighted by molar-refractivity contribution is -0.198. The molecule has 1 unspecified atom stereocenters. The number of rotatable bonds is 4. The van der Waals surface area contributed by atoms with E-state index in [1.807, 2.05) is 0 Å². The second kappa shape index (κ2) is 6.52. The average Bonchev–Trinajstić information content (AvgIpc) is 3.06. The second-order valence-corrected chi connectivity index (χ2v) is 5.20. The molecule has 0 aliphatic heterocycles. The van der Waals surface area contributed by atoms with E-state index in [-0.39, 0.29) is 16.6 Å². The molecular formula is C16H10ClF3N2O2. The number of alkyl halides is 3. The van der Waals surface area contributed by atoms with Crippen molar-refractivity contribution in [1.29, 1.82) is 0 Å². The molecule has 2 heterocycles. The summed E-state index contributed by atoms with van der Waals surface area (Å²) in [4.78, 5) is 7.30. The van der Waals surface area contributed by atoms with Gasteiger partial charge in [-0.1, -0.05) is 35.9 Å². The lowest BCUT2D eigenvalue weighted by Crippen LogP contribution is -2.27. The highest BCUT2D eigenvalue weighted by Gasteiger charge is 2.44. The molecule has 3 rings (SSSR count). The molecular weight excluding hydrogens is 345 g/mol. The highest BCUT2D eigenvalue weighted by Crippen LogP contribution is 2.40. The van der Waals surface area contributed by atoms with Crippen molar-refractivity contribution >= 4 is 11.6 Å². The van der Waals surface area contributed by atoms with Crippen LogP contribution in [0.1, 0.15) is 11.7 Å². The smallest absolute Gasteiger partial charge is 0.429 e. The van der Waals surface area contributed by atoms with E-state index in [1.165, 1.54) is 24.7 Å². The number of nitrogens with zero attached hydrogens (tertiary/aromatic N) is 2. The van der Waals surface area contributed by atoms with E-state index >= 15 is 0 Å². The lowest BCUT2D eigenvalue weighted by Gasteiger charge is -2.23. The maximum Gasteiger partial charge on any atom is 0.429 e. The SMILES string of the molecule is FC(F)(F)C(Oc1cc(Cl)ncn1)c1ccccc1-c1ccoc1. The number of aromatic nitrogens is 2. The minimum atomic E-state index is -4.66. The number of hydrogen-bond acceptors (Lipinski definition) is 4. The molecule has 0 spiro atoms. The van der Waals surface area contributed by atoms with Gasteiger partial charge in [0.05, 0.1) is 12.5 Å². The van der Waals surface area contributed by atoms with Crippen LogP contribution in [0.3, 0.4) is 0 Å². The predicted octanol–water partition coefficient (Wildman–Crippen LogP) is 5.07. The molecule has 0 bridgehead atoms. The first-order valence-electron chi connectivity index (χ1n) is 6.77. The Hall–Kier alpha value is -2.54. The lowest BCUT2D eigenvalue weighted by atomic mass is 9.97. The zero-order chi connectivity index (χ0) is 17.2. The Morgan fingerprint density at radius 3 is 2.58 bits per heavy atom. The molecule has 0 aliphatic rings. The summed E-state index contributed by atoms with van der Waals surface area (Å²) < 4.78 is 50.8. The molecule has 0 saturated carbocycles. The zero-order valence-corrected chi connectivity index (χ0v) is 12.8. The molecule has 0 fully saturated rings. The van der Waals surface area contributed by atoms with Crippen molar-refractivity contribution in [2.24, 2.45) is 0 Å². The minimum absolute atomic E-state index is 0.0101. The van der Waals surface area contributed by atoms with Gasteiger partial charge in [0.15, 0.2) is 0 Å². The Bertz CT molecular complexity index is 822. The van der Waals surface area contributed by atoms with Gasteiger partial charge in [-0.15, -0.1) is 0 Å². The van der Waals surface area contributed by atoms with Crippen LogP contribution in [0.25, 0.3) is 11.1 Å². The zero-order valence-electron chi connectivity index (χ0n) is 12.0. The predicted molar refractivity (Wildman–Crippen MR) is 80.6 cm³/mol. The third-order valence-electron chi connectivity index (χ3n) is 3.22. The van der Waals surface area contributed by atoms with Gasteiger partial charge in [-0.3, -0.25) is 0 Å². The van der Waals surface area contributed by atoms with Gasteiger partial charge in [0, 0.05) is 17.2 Å². The van der Waals surface area contributed by atoms with E-state index in [2.05, 4.69) is 9.97 Å². The summed E-state index contributed by atoms with van der Waals surface area (Å²) >= 11 is 5.68. The molecule has 0 aliphatic carbocycles. The number of halogens is 4. The normalized spacial score (nSPS) is 12.8. The van der Waals surface area contributed by atoms with Crippen molar-refractivity contribution in [3.8, 4) is 17.0 Å². The van der Waals surface area contributed by atoms with Gasteiger partial charge in [-0.25, -0.2) is 9.97 Å². The number of ether oxygens (including phenoxy) is 1. The third kappa shape index (κ3) is 3.51. The molecule has 0 radical (unpaired) electrons. The van der Waals surface area contributed by atoms with Crippen LogP contribution >= 0.6 is 11.6 Å². The van der Waals surface area contributed by atoms with E-state index in [4.69, 9.17) is 20.8 Å². The van der Waals surface area contributed by atoms with Gasteiger partial charge < -0.3 is 9.15 Å². The van der Waals surface area contributed by atoms with Crippen molar-refractivity contribution in [3.05, 3.63) is 66.0 Å². The molecule has 0 saturated heterocycles. The van der Waals surface area contributed by atoms with Gasteiger partial charge in [-0.2, -0.15) is 13.2 Å². The van der Waals surface area contributed by atoms with Crippen molar-refractivity contribution in [2.45, 2.75) is 12.3 Å². The van der Waals surface area contributed by atoms with Crippen molar-refractivity contribution in [1.82, 2.24) is 9.97 Å². The van der Waals surface area contributed by atoms with Gasteiger partial charge >= 0.3 is 6.18 Å². The number of furan rings is 1. The molecule has 24 heavy (non-hydrogen) atoms. The maximum absolute atomic E-state index is 13.6. The topological polar surface area (TPSA) is 48.2 Å². The number of benzene rings is 1. The summed E-state index contributed by atoms with van der Waals surface area (Å²) in [5.74, 6) is -0.265. The molecule has 0 amide bonds. The fraction of sp³-hybridized carbons (Fsp3) is 0.125. The molecule has 4 nitrogen and oxygen atoms in total. The van der Waals surface area contributed by atoms with Crippen LogP contribution in [-0.2, 0) is 0 Å². The Kier molecular flexibility index (Phi) is 4.44. The standard InChI is InChI=1S/C16H10ClF3N2O2/c17-13-7-14(22-9-21-13)24-15(16(18,19)20)12-4-2-1-3-11(12)10-5-6-23-8-10/h1-9,15H. The van der Waals surface area contributed by atoms with Crippen molar-refractivity contribution in [3.63, 3.8) is 0 Å². The molecule has 8 heteroatoms. The van der Waals surface area contributed by atoms with Crippen LogP contribution in [-0.4, -0.2) is 16.1 Å². The van der Waals surface area contributed by atoms with Gasteiger partial charge in [0.2, 0.25) is 12.0 Å². The van der Waals surface area contributed by atoms with Crippen LogP contribution in [0.15, 0.2) is 59.7 Å². The minimum Gasteiger partial charge on any atom is -0.472 e. The molecule has 0 N–H and O–H groups in total. The van der Waals surface area contributed by atoms with E-state index < -0.39 is 12.3 Å². The summed E-state index contributed by atoms with van der Waals surface area (Å²) in [6, 6.07) is 8.77. The van der Waals surface area contributed by atoms with Crippen LogP contribution in [0, 0.1) is 0 Å². The third-order valence-corrected chi connectivity index (χ3v) is 3.43. The highest BCUT2D eigenvalue weighted by molar-refractivity contribution is 6.29. The largest absolute Gasteiger partial charge is 0.472 e. The highest BCUT2D eigenvalue weighted by atomic mass is 35.5. The van der Waals surface area contributed by atoms with Crippen LogP contribution in [0.5, 0.6) is 5.88 Å². The van der Waals surface area contributed by atoms with Crippen molar-refractivity contribution in [2.75, 3.05) is 0 Å². The quantitative estimate of drug-likeness (QED) is 0.613. The molecule has 124 valence electrons. The Labute approximate surface area is 139 Å². The summed E-state index contributed by atoms with van der Waals surface area (Å²) in [6.07, 6.45) is -3.08. The fourth-order valence-electron chi connectivity index (χ4n) is 2.22. The summed E-state index contributed by atoms with van der Waals surface area (Å²) in [6.45, 7) is 0. The van der Waals surface area contributed by atoms with Crippen LogP contribution in [0.4, 0.5) is 13.2 Å². The maximum atomic E-state index is 13.6. The molecule has 2 aromatic heterocycles. The van der Waals surface area contributed by atoms with E-state index in [0.29, 0.717) is 11.1 Å². The molecule has 1 atom stereocenters. The summed E-state index contributed by atoms with van der Waals surface area (Å²) in [7, 11) is 0. The monoisotopic (exact) mass is 354 g/mol. The Morgan fingerprint density at radius 1 is 1.12 bits per heavy atom. The van der Waals surface area contributed by atoms with E-state index in [1.54, 1.807) is 18.2 Å². The van der Waals surface area contributed by atoms with Gasteiger partial charge in [0.25, 0.3) is 0 Å². The Balaban J connectivity index is 2.05. The van der Waals surface area contributed by atoms with Crippen molar-refractivity contribution < 1.29 is 22.3 Å². The van der Waals surface area contributed by atoms with E-state index in [9.17, 15) is 13.2 Å². The second-order valence-electron chi connectivity index (χ2n) is 4.82. The first-order chi connectivity index (χ1) is 11.4. The van der Waals surface area contributed by atoms with Crippen LogP contribution < -0.4 is 4.74 Å². The average molecular weight is 355 g/mol. The Morgan fingerprint density at radius 2 is 1.92 bits per heavy atom. The van der Waals surface area contributed by atoms with E-state index in [0.717, 1.165) is 12.4 Å². The molecule has 1 aromatic carbocycles. The first kappa shape index (κ1) is 16.3. The van der Waals surface area contributed by atoms with Gasteiger partial charge in [-0.05, 0) is 11.6 Å². The first-order valence-corrected chi connectivity index (χ1v) is 7.15. The van der Waals surface area contributed by atoms with Crippen LogP contribution in [0.2, 0.25) is 5.15 Å². The summed E-state index contributed by atoms with van der Waals surface area (Å²) in [5, 5.41) is -0.0101. The fourth-order valence-corrected chi connectivity index (χ4v) is 2.35. The summed E-state index contributed by atoms with van der Waals surface area (Å²) in [5.41, 5.74) is 0.819. The van der Waals surface area contributed by atoms with Gasteiger partial charge in [0.1, 0.15) is 11.5 Å². The number of hydrogen-bond donors (Lipinski definition) is 0. The molecule has 3 aromatic rings.